The van der Waals surface area contributed by atoms with Crippen molar-refractivity contribution in [2.45, 2.75) is 62.3 Å². The Morgan fingerprint density at radius 1 is 1.11 bits per heavy atom. The summed E-state index contributed by atoms with van der Waals surface area (Å²) in [5.41, 5.74) is -0.313. The summed E-state index contributed by atoms with van der Waals surface area (Å²) in [7, 11) is 0. The minimum Gasteiger partial charge on any atom is -0.389 e. The summed E-state index contributed by atoms with van der Waals surface area (Å²) < 4.78 is 11.6. The van der Waals surface area contributed by atoms with E-state index in [0.717, 1.165) is 58.4 Å². The molecule has 0 bridgehead atoms. The molecule has 4 nitrogen and oxygen atoms in total. The molecule has 3 rings (SSSR count). The summed E-state index contributed by atoms with van der Waals surface area (Å²) in [6.07, 6.45) is 7.81. The lowest BCUT2D eigenvalue weighted by molar-refractivity contribution is -0.103. The molecule has 2 aliphatic heterocycles. The molecule has 2 saturated heterocycles. The fourth-order valence-electron chi connectivity index (χ4n) is 3.38. The van der Waals surface area contributed by atoms with E-state index >= 15 is 0 Å². The molecule has 0 aromatic carbocycles. The molecule has 3 fully saturated rings. The van der Waals surface area contributed by atoms with Crippen molar-refractivity contribution in [1.29, 1.82) is 0 Å². The van der Waals surface area contributed by atoms with Crippen LogP contribution in [0.2, 0.25) is 0 Å². The number of hydrogen-bond donors (Lipinski definition) is 2. The van der Waals surface area contributed by atoms with Gasteiger partial charge in [0.05, 0.1) is 17.3 Å². The van der Waals surface area contributed by atoms with Crippen molar-refractivity contribution < 1.29 is 14.6 Å². The highest BCUT2D eigenvalue weighted by Crippen LogP contribution is 2.38. The van der Waals surface area contributed by atoms with Gasteiger partial charge >= 0.3 is 0 Å². The minimum atomic E-state index is -0.422. The second-order valence-corrected chi connectivity index (χ2v) is 6.28. The minimum absolute atomic E-state index is 0.109. The van der Waals surface area contributed by atoms with Gasteiger partial charge in [0, 0.05) is 26.3 Å². The van der Waals surface area contributed by atoms with Gasteiger partial charge in [0.1, 0.15) is 0 Å². The van der Waals surface area contributed by atoms with E-state index in [9.17, 15) is 5.11 Å². The van der Waals surface area contributed by atoms with Gasteiger partial charge in [-0.25, -0.2) is 0 Å². The maximum atomic E-state index is 10.0. The molecule has 1 atom stereocenters. The number of nitrogens with one attached hydrogen (secondary N) is 1. The van der Waals surface area contributed by atoms with Gasteiger partial charge in [0.15, 0.2) is 0 Å². The lowest BCUT2D eigenvalue weighted by atomic mass is 9.80. The summed E-state index contributed by atoms with van der Waals surface area (Å²) in [4.78, 5) is 0. The number of hydrogen-bond acceptors (Lipinski definition) is 4. The smallest absolute Gasteiger partial charge is 0.0771 e. The van der Waals surface area contributed by atoms with E-state index in [4.69, 9.17) is 9.47 Å². The lowest BCUT2D eigenvalue weighted by Crippen LogP contribution is -2.48. The summed E-state index contributed by atoms with van der Waals surface area (Å²) in [6, 6.07) is 0. The van der Waals surface area contributed by atoms with Crippen molar-refractivity contribution in [1.82, 2.24) is 5.32 Å². The van der Waals surface area contributed by atoms with Gasteiger partial charge in [0.2, 0.25) is 0 Å². The summed E-state index contributed by atoms with van der Waals surface area (Å²) in [5.74, 6) is 0. The Morgan fingerprint density at radius 2 is 1.89 bits per heavy atom. The number of ether oxygens (including phenoxy) is 2. The summed E-state index contributed by atoms with van der Waals surface area (Å²) in [6.45, 7) is 3.30. The second kappa shape index (κ2) is 5.08. The molecule has 4 heteroatoms. The molecule has 104 valence electrons. The maximum absolute atomic E-state index is 10.0. The Hall–Kier alpha value is -0.160. The Balaban J connectivity index is 1.39. The highest BCUT2D eigenvalue weighted by atomic mass is 16.5. The van der Waals surface area contributed by atoms with E-state index in [1.807, 2.05) is 0 Å². The molecule has 0 radical (unpaired) electrons. The van der Waals surface area contributed by atoms with Crippen LogP contribution < -0.4 is 5.32 Å². The van der Waals surface area contributed by atoms with Gasteiger partial charge in [-0.05, 0) is 44.9 Å². The van der Waals surface area contributed by atoms with Crippen molar-refractivity contribution in [3.63, 3.8) is 0 Å². The molecule has 0 aromatic heterocycles. The van der Waals surface area contributed by atoms with Gasteiger partial charge in [0.25, 0.3) is 0 Å². The van der Waals surface area contributed by atoms with E-state index in [2.05, 4.69) is 5.32 Å². The number of rotatable bonds is 4. The van der Waals surface area contributed by atoms with Crippen molar-refractivity contribution in [3.8, 4) is 0 Å². The van der Waals surface area contributed by atoms with E-state index in [-0.39, 0.29) is 5.60 Å². The molecule has 1 spiro atoms. The lowest BCUT2D eigenvalue weighted by Gasteiger charge is -2.37. The third kappa shape index (κ3) is 2.72. The van der Waals surface area contributed by atoms with Crippen LogP contribution in [0.1, 0.15) is 44.9 Å². The molecule has 18 heavy (non-hydrogen) atoms. The first-order valence-electron chi connectivity index (χ1n) is 7.39. The Morgan fingerprint density at radius 3 is 2.56 bits per heavy atom. The van der Waals surface area contributed by atoms with E-state index in [1.54, 1.807) is 0 Å². The average Bonchev–Trinajstić information content (AvgIpc) is 2.71. The highest BCUT2D eigenvalue weighted by Gasteiger charge is 2.41. The van der Waals surface area contributed by atoms with Crippen molar-refractivity contribution in [2.24, 2.45) is 0 Å². The molecule has 0 amide bonds. The molecule has 0 aromatic rings. The van der Waals surface area contributed by atoms with Crippen molar-refractivity contribution >= 4 is 0 Å². The van der Waals surface area contributed by atoms with Gasteiger partial charge in [-0.2, -0.15) is 0 Å². The zero-order valence-corrected chi connectivity index (χ0v) is 11.1. The maximum Gasteiger partial charge on any atom is 0.0771 e. The van der Waals surface area contributed by atoms with E-state index < -0.39 is 5.60 Å². The Kier molecular flexibility index (Phi) is 3.63. The summed E-state index contributed by atoms with van der Waals surface area (Å²) >= 11 is 0. The molecule has 2 N–H and O–H groups in total. The molecule has 1 aliphatic carbocycles. The van der Waals surface area contributed by atoms with E-state index in [0.29, 0.717) is 6.10 Å². The molecule has 3 aliphatic rings. The molecular weight excluding hydrogens is 230 g/mol. The monoisotopic (exact) mass is 255 g/mol. The zero-order chi connectivity index (χ0) is 12.5. The topological polar surface area (TPSA) is 50.7 Å². The van der Waals surface area contributed by atoms with Gasteiger partial charge in [-0.1, -0.05) is 0 Å². The fourth-order valence-corrected chi connectivity index (χ4v) is 3.38. The normalized spacial score (nSPS) is 33.5. The van der Waals surface area contributed by atoms with Crippen LogP contribution in [-0.4, -0.2) is 48.7 Å². The standard InChI is InChI=1S/C14H25NO3/c16-13(3-1-4-13)11-15-10-12-2-5-14(18-12)6-8-17-9-7-14/h12,15-16H,1-11H2. The molecule has 2 heterocycles. The fraction of sp³-hybridized carbons (Fsp3) is 1.00. The third-order valence-corrected chi connectivity index (χ3v) is 4.85. The van der Waals surface area contributed by atoms with Crippen molar-refractivity contribution in [2.75, 3.05) is 26.3 Å². The van der Waals surface area contributed by atoms with Gasteiger partial charge in [-0.15, -0.1) is 0 Å². The van der Waals surface area contributed by atoms with Gasteiger partial charge < -0.3 is 19.9 Å². The third-order valence-electron chi connectivity index (χ3n) is 4.85. The highest BCUT2D eigenvalue weighted by molar-refractivity contribution is 4.93. The van der Waals surface area contributed by atoms with Crippen LogP contribution in [0.3, 0.4) is 0 Å². The van der Waals surface area contributed by atoms with Gasteiger partial charge in [-0.3, -0.25) is 0 Å². The predicted molar refractivity (Wildman–Crippen MR) is 68.6 cm³/mol. The van der Waals surface area contributed by atoms with Crippen LogP contribution >= 0.6 is 0 Å². The molecular formula is C14H25NO3. The quantitative estimate of drug-likeness (QED) is 0.793. The SMILES string of the molecule is OC1(CNCC2CCC3(CCOCC3)O2)CCC1. The van der Waals surface area contributed by atoms with E-state index in [1.165, 1.54) is 12.8 Å². The number of aliphatic hydroxyl groups is 1. The largest absolute Gasteiger partial charge is 0.389 e. The van der Waals surface area contributed by atoms with Crippen LogP contribution in [0.4, 0.5) is 0 Å². The first-order chi connectivity index (χ1) is 8.70. The Labute approximate surface area is 109 Å². The second-order valence-electron chi connectivity index (χ2n) is 6.28. The summed E-state index contributed by atoms with van der Waals surface area (Å²) in [5, 5.41) is 13.4. The zero-order valence-electron chi connectivity index (χ0n) is 11.1. The predicted octanol–water partition coefficient (Wildman–Crippen LogP) is 1.22. The van der Waals surface area contributed by atoms with Crippen LogP contribution in [0.25, 0.3) is 0 Å². The first kappa shape index (κ1) is 12.9. The van der Waals surface area contributed by atoms with Crippen LogP contribution in [0.15, 0.2) is 0 Å². The van der Waals surface area contributed by atoms with Crippen LogP contribution in [0.5, 0.6) is 0 Å². The first-order valence-corrected chi connectivity index (χ1v) is 7.39. The Bertz CT molecular complexity index is 285. The van der Waals surface area contributed by atoms with Crippen LogP contribution in [-0.2, 0) is 9.47 Å². The van der Waals surface area contributed by atoms with Crippen molar-refractivity contribution in [3.05, 3.63) is 0 Å². The average molecular weight is 255 g/mol. The molecule has 1 saturated carbocycles. The van der Waals surface area contributed by atoms with Crippen LogP contribution in [0, 0.1) is 0 Å². The molecule has 1 unspecified atom stereocenters.